The molecule has 0 saturated heterocycles. The standard InChI is InChI=1S/C35H49N7O16/c1-16(2)11-22(30(36)52)40-34(56)23(12-19-5-7-20(8-6-19)58-15-29(50)51)42-32(54)21(9-10-26(44)45)39-35(57)25(14-28(48)49)41-31(53)17(3)37-33(55)24(13-27(46)47)38-18(4)43/h5-8,16-17,21-25H,9-15H2,1-4H3,(H2,36,52)(H,37,55)(H,38,43)(H,39,57)(H,40,56)(H,41,53)(H,42,54)(H,44,45)(H,46,47)(H,48,49)(H,50,51)/t17-,21-,22-,23-,24-,25-/m0/s1. The van der Waals surface area contributed by atoms with Crippen LogP contribution in [0.25, 0.3) is 0 Å². The van der Waals surface area contributed by atoms with Crippen molar-refractivity contribution >= 4 is 65.2 Å². The molecule has 6 atom stereocenters. The van der Waals surface area contributed by atoms with Crippen molar-refractivity contribution in [2.75, 3.05) is 6.61 Å². The van der Waals surface area contributed by atoms with Gasteiger partial charge in [-0.3, -0.25) is 47.9 Å². The van der Waals surface area contributed by atoms with Gasteiger partial charge in [0.15, 0.2) is 6.61 Å². The van der Waals surface area contributed by atoms with Crippen molar-refractivity contribution in [3.05, 3.63) is 29.8 Å². The topological polar surface area (TPSA) is 376 Å². The normalized spacial score (nSPS) is 13.8. The summed E-state index contributed by atoms with van der Waals surface area (Å²) in [6, 6.07) is -3.88. The third-order valence-electron chi connectivity index (χ3n) is 7.84. The largest absolute Gasteiger partial charge is 0.482 e. The molecule has 0 aliphatic rings. The highest BCUT2D eigenvalue weighted by Crippen LogP contribution is 2.15. The summed E-state index contributed by atoms with van der Waals surface area (Å²) in [5.74, 6) is -12.9. The molecule has 1 aromatic carbocycles. The molecule has 0 aliphatic carbocycles. The van der Waals surface area contributed by atoms with Crippen LogP contribution in [0.4, 0.5) is 0 Å². The van der Waals surface area contributed by atoms with E-state index in [0.29, 0.717) is 5.56 Å². The molecular formula is C35H49N7O16. The fraction of sp³-hybridized carbons (Fsp3) is 0.514. The molecule has 0 bridgehead atoms. The Hall–Kier alpha value is -6.81. The van der Waals surface area contributed by atoms with E-state index in [4.69, 9.17) is 20.7 Å². The fourth-order valence-corrected chi connectivity index (χ4v) is 5.07. The number of carboxylic acid groups (broad SMARTS) is 4. The van der Waals surface area contributed by atoms with E-state index < -0.39 is 134 Å². The second-order valence-corrected chi connectivity index (χ2v) is 13.4. The first kappa shape index (κ1) is 49.2. The van der Waals surface area contributed by atoms with Crippen LogP contribution in [0.5, 0.6) is 5.75 Å². The van der Waals surface area contributed by atoms with Crippen LogP contribution < -0.4 is 42.4 Å². The highest BCUT2D eigenvalue weighted by Gasteiger charge is 2.34. The number of amides is 7. The van der Waals surface area contributed by atoms with Gasteiger partial charge in [-0.1, -0.05) is 26.0 Å². The Bertz CT molecular complexity index is 1680. The van der Waals surface area contributed by atoms with E-state index >= 15 is 0 Å². The first-order valence-electron chi connectivity index (χ1n) is 17.7. The zero-order chi connectivity index (χ0) is 44.3. The molecule has 7 amide bonds. The van der Waals surface area contributed by atoms with Gasteiger partial charge in [-0.15, -0.1) is 0 Å². The van der Waals surface area contributed by atoms with Gasteiger partial charge in [-0.2, -0.15) is 0 Å². The van der Waals surface area contributed by atoms with E-state index in [9.17, 15) is 63.0 Å². The van der Waals surface area contributed by atoms with E-state index in [0.717, 1.165) is 13.8 Å². The minimum Gasteiger partial charge on any atom is -0.482 e. The molecule has 23 heteroatoms. The Morgan fingerprint density at radius 1 is 0.586 bits per heavy atom. The van der Waals surface area contributed by atoms with E-state index in [1.807, 2.05) is 0 Å². The molecule has 320 valence electrons. The van der Waals surface area contributed by atoms with Gasteiger partial charge in [0.25, 0.3) is 0 Å². The number of aliphatic carboxylic acids is 4. The van der Waals surface area contributed by atoms with Gasteiger partial charge in [-0.25, -0.2) is 4.79 Å². The third kappa shape index (κ3) is 19.2. The van der Waals surface area contributed by atoms with Gasteiger partial charge in [0.2, 0.25) is 41.4 Å². The van der Waals surface area contributed by atoms with Crippen LogP contribution in [-0.2, 0) is 59.2 Å². The number of nitrogens with one attached hydrogen (secondary N) is 6. The smallest absolute Gasteiger partial charge is 0.341 e. The molecule has 0 spiro atoms. The summed E-state index contributed by atoms with van der Waals surface area (Å²) in [4.78, 5) is 135. The van der Waals surface area contributed by atoms with Gasteiger partial charge in [0.1, 0.15) is 42.0 Å². The van der Waals surface area contributed by atoms with Gasteiger partial charge < -0.3 is 62.8 Å². The second kappa shape index (κ2) is 24.0. The number of hydrogen-bond donors (Lipinski definition) is 11. The molecule has 1 aromatic rings. The number of nitrogens with two attached hydrogens (primary N) is 1. The summed E-state index contributed by atoms with van der Waals surface area (Å²) in [5.41, 5.74) is 5.86. The predicted octanol–water partition coefficient (Wildman–Crippen LogP) is -3.01. The van der Waals surface area contributed by atoms with Crippen LogP contribution in [0, 0.1) is 5.92 Å². The van der Waals surface area contributed by atoms with Crippen molar-refractivity contribution < 1.29 is 77.9 Å². The summed E-state index contributed by atoms with van der Waals surface area (Å²) < 4.78 is 5.10. The molecule has 12 N–H and O–H groups in total. The summed E-state index contributed by atoms with van der Waals surface area (Å²) in [6.45, 7) is 4.99. The van der Waals surface area contributed by atoms with Crippen LogP contribution in [0.15, 0.2) is 24.3 Å². The average Bonchev–Trinajstić information content (AvgIpc) is 3.10. The lowest BCUT2D eigenvalue weighted by molar-refractivity contribution is -0.142. The molecule has 0 unspecified atom stereocenters. The number of hydrogen-bond acceptors (Lipinski definition) is 12. The fourth-order valence-electron chi connectivity index (χ4n) is 5.07. The number of ether oxygens (including phenoxy) is 1. The lowest BCUT2D eigenvalue weighted by atomic mass is 10.0. The molecule has 0 radical (unpaired) electrons. The molecule has 23 nitrogen and oxygen atoms in total. The van der Waals surface area contributed by atoms with Crippen molar-refractivity contribution in [2.45, 2.75) is 102 Å². The summed E-state index contributed by atoms with van der Waals surface area (Å²) in [7, 11) is 0. The zero-order valence-corrected chi connectivity index (χ0v) is 32.1. The second-order valence-electron chi connectivity index (χ2n) is 13.4. The van der Waals surface area contributed by atoms with E-state index in [-0.39, 0.29) is 24.5 Å². The molecule has 0 aromatic heterocycles. The van der Waals surface area contributed by atoms with E-state index in [2.05, 4.69) is 31.9 Å². The van der Waals surface area contributed by atoms with Gasteiger partial charge in [-0.05, 0) is 43.4 Å². The number of rotatable bonds is 26. The van der Waals surface area contributed by atoms with Crippen molar-refractivity contribution in [3.63, 3.8) is 0 Å². The lowest BCUT2D eigenvalue weighted by Gasteiger charge is -2.27. The summed E-state index contributed by atoms with van der Waals surface area (Å²) in [5, 5.41) is 50.2. The van der Waals surface area contributed by atoms with Crippen LogP contribution in [0.2, 0.25) is 0 Å². The Labute approximate surface area is 331 Å². The van der Waals surface area contributed by atoms with Gasteiger partial charge >= 0.3 is 23.9 Å². The number of carbonyl (C=O) groups excluding carboxylic acids is 7. The minimum atomic E-state index is -1.94. The third-order valence-corrected chi connectivity index (χ3v) is 7.84. The maximum Gasteiger partial charge on any atom is 0.341 e. The lowest BCUT2D eigenvalue weighted by Crippen LogP contribution is -2.60. The van der Waals surface area contributed by atoms with Crippen molar-refractivity contribution in [3.8, 4) is 5.75 Å². The predicted molar refractivity (Wildman–Crippen MR) is 196 cm³/mol. The Balaban J connectivity index is 3.39. The van der Waals surface area contributed by atoms with E-state index in [1.165, 1.54) is 24.3 Å². The molecule has 0 aliphatic heterocycles. The maximum absolute atomic E-state index is 13.7. The summed E-state index contributed by atoms with van der Waals surface area (Å²) >= 11 is 0. The monoisotopic (exact) mass is 823 g/mol. The molecule has 58 heavy (non-hydrogen) atoms. The highest BCUT2D eigenvalue weighted by atomic mass is 16.5. The first-order valence-corrected chi connectivity index (χ1v) is 17.7. The average molecular weight is 824 g/mol. The molecular weight excluding hydrogens is 774 g/mol. The van der Waals surface area contributed by atoms with Crippen LogP contribution >= 0.6 is 0 Å². The minimum absolute atomic E-state index is 0.115. The van der Waals surface area contributed by atoms with Crippen molar-refractivity contribution in [1.82, 2.24) is 31.9 Å². The SMILES string of the molecule is CC(=O)N[C@@H](CC(=O)O)C(=O)N[C@@H](C)C(=O)N[C@@H](CC(=O)O)C(=O)N[C@@H](CCC(=O)O)C(=O)N[C@@H](Cc1ccc(OCC(=O)O)cc1)C(=O)N[C@@H](CC(C)C)C(N)=O. The molecule has 0 heterocycles. The van der Waals surface area contributed by atoms with Gasteiger partial charge in [0.05, 0.1) is 12.8 Å². The molecule has 0 fully saturated rings. The Kier molecular flexibility index (Phi) is 20.3. The number of primary amides is 1. The summed E-state index contributed by atoms with van der Waals surface area (Å²) in [6.07, 6.45) is -3.43. The van der Waals surface area contributed by atoms with Crippen LogP contribution in [0.1, 0.15) is 65.4 Å². The first-order chi connectivity index (χ1) is 27.0. The van der Waals surface area contributed by atoms with Crippen LogP contribution in [0.3, 0.4) is 0 Å². The highest BCUT2D eigenvalue weighted by molar-refractivity contribution is 5.98. The number of carbonyl (C=O) groups is 11. The number of benzene rings is 1. The zero-order valence-electron chi connectivity index (χ0n) is 32.1. The number of carboxylic acids is 4. The Morgan fingerprint density at radius 3 is 1.53 bits per heavy atom. The van der Waals surface area contributed by atoms with Crippen molar-refractivity contribution in [1.29, 1.82) is 0 Å². The van der Waals surface area contributed by atoms with Gasteiger partial charge in [0, 0.05) is 19.8 Å². The maximum atomic E-state index is 13.7. The van der Waals surface area contributed by atoms with Crippen molar-refractivity contribution in [2.24, 2.45) is 11.7 Å². The molecule has 0 saturated carbocycles. The quantitative estimate of drug-likeness (QED) is 0.0443. The van der Waals surface area contributed by atoms with E-state index in [1.54, 1.807) is 13.8 Å². The molecule has 1 rings (SSSR count). The van der Waals surface area contributed by atoms with Crippen LogP contribution in [-0.4, -0.2) is 129 Å². The Morgan fingerprint density at radius 2 is 1.05 bits per heavy atom.